The van der Waals surface area contributed by atoms with E-state index >= 15 is 0 Å². The van der Waals surface area contributed by atoms with Crippen LogP contribution in [0.1, 0.15) is 10.4 Å². The van der Waals surface area contributed by atoms with Gasteiger partial charge in [-0.05, 0) is 36.4 Å². The number of hydrogen-bond acceptors (Lipinski definition) is 3. The van der Waals surface area contributed by atoms with Gasteiger partial charge in [-0.1, -0.05) is 18.2 Å². The van der Waals surface area contributed by atoms with Gasteiger partial charge in [0.15, 0.2) is 0 Å². The lowest BCUT2D eigenvalue weighted by Crippen LogP contribution is -2.46. The van der Waals surface area contributed by atoms with Crippen molar-refractivity contribution >= 4 is 17.3 Å². The van der Waals surface area contributed by atoms with Crippen LogP contribution in [0.3, 0.4) is 0 Å². The first kappa shape index (κ1) is 13.5. The molecule has 0 radical (unpaired) electrons. The summed E-state index contributed by atoms with van der Waals surface area (Å²) in [5.74, 6) is -0.879. The van der Waals surface area contributed by atoms with Crippen LogP contribution in [0.15, 0.2) is 54.6 Å². The van der Waals surface area contributed by atoms with Crippen molar-refractivity contribution in [3.63, 3.8) is 0 Å². The van der Waals surface area contributed by atoms with Crippen LogP contribution in [0.2, 0.25) is 0 Å². The first-order chi connectivity index (χ1) is 10.2. The van der Waals surface area contributed by atoms with Crippen LogP contribution in [0.4, 0.5) is 11.4 Å². The molecule has 0 unspecified atom stereocenters. The number of rotatable bonds is 3. The number of carboxylic acid groups (broad SMARTS) is 1. The first-order valence-corrected chi connectivity index (χ1v) is 7.12. The maximum absolute atomic E-state index is 10.9. The normalized spacial score (nSPS) is 15.0. The topological polar surface area (TPSA) is 43.8 Å². The summed E-state index contributed by atoms with van der Waals surface area (Å²) < 4.78 is 0. The molecule has 0 bridgehead atoms. The summed E-state index contributed by atoms with van der Waals surface area (Å²) in [5.41, 5.74) is 2.69. The minimum absolute atomic E-state index is 0.335. The van der Waals surface area contributed by atoms with Crippen molar-refractivity contribution in [1.82, 2.24) is 0 Å². The standard InChI is InChI=1S/C17H18N2O2/c20-17(21)14-6-8-16(9-7-14)19-12-10-18(11-13-19)15-4-2-1-3-5-15/h1-9H,10-13H2,(H,20,21). The molecule has 0 saturated carbocycles. The molecule has 1 aliphatic heterocycles. The third-order valence-electron chi connectivity index (χ3n) is 3.88. The Morgan fingerprint density at radius 1 is 0.762 bits per heavy atom. The van der Waals surface area contributed by atoms with Crippen molar-refractivity contribution in [3.05, 3.63) is 60.2 Å². The Bertz CT molecular complexity index is 602. The Hall–Kier alpha value is -2.49. The van der Waals surface area contributed by atoms with E-state index in [1.807, 2.05) is 18.2 Å². The third kappa shape index (κ3) is 2.99. The number of nitrogens with zero attached hydrogens (tertiary/aromatic N) is 2. The SMILES string of the molecule is O=C(O)c1ccc(N2CCN(c3ccccc3)CC2)cc1. The predicted molar refractivity (Wildman–Crippen MR) is 84.3 cm³/mol. The molecular weight excluding hydrogens is 264 g/mol. The van der Waals surface area contributed by atoms with Crippen molar-refractivity contribution < 1.29 is 9.90 Å². The summed E-state index contributed by atoms with van der Waals surface area (Å²) in [6.45, 7) is 3.85. The van der Waals surface area contributed by atoms with Gasteiger partial charge in [-0.25, -0.2) is 4.79 Å². The molecule has 1 fully saturated rings. The Kier molecular flexibility index (Phi) is 3.77. The molecule has 2 aromatic rings. The van der Waals surface area contributed by atoms with E-state index < -0.39 is 5.97 Å². The van der Waals surface area contributed by atoms with E-state index in [-0.39, 0.29) is 0 Å². The third-order valence-corrected chi connectivity index (χ3v) is 3.88. The predicted octanol–water partition coefficient (Wildman–Crippen LogP) is 2.71. The van der Waals surface area contributed by atoms with Gasteiger partial charge in [0.2, 0.25) is 0 Å². The van der Waals surface area contributed by atoms with Crippen molar-refractivity contribution in [2.75, 3.05) is 36.0 Å². The maximum Gasteiger partial charge on any atom is 0.335 e. The molecule has 0 aromatic heterocycles. The van der Waals surface area contributed by atoms with Gasteiger partial charge in [0.1, 0.15) is 0 Å². The van der Waals surface area contributed by atoms with E-state index in [1.54, 1.807) is 12.1 Å². The molecule has 2 aromatic carbocycles. The van der Waals surface area contributed by atoms with Crippen LogP contribution in [0.25, 0.3) is 0 Å². The summed E-state index contributed by atoms with van der Waals surface area (Å²) >= 11 is 0. The summed E-state index contributed by atoms with van der Waals surface area (Å²) in [6, 6.07) is 17.5. The number of aromatic carboxylic acids is 1. The van der Waals surface area contributed by atoms with E-state index in [1.165, 1.54) is 5.69 Å². The second-order valence-electron chi connectivity index (χ2n) is 5.16. The largest absolute Gasteiger partial charge is 0.478 e. The van der Waals surface area contributed by atoms with Gasteiger partial charge in [0.05, 0.1) is 5.56 Å². The molecule has 1 heterocycles. The Balaban J connectivity index is 1.64. The molecule has 1 aliphatic rings. The highest BCUT2D eigenvalue weighted by atomic mass is 16.4. The summed E-state index contributed by atoms with van der Waals surface area (Å²) in [4.78, 5) is 15.5. The molecule has 4 nitrogen and oxygen atoms in total. The van der Waals surface area contributed by atoms with Crippen LogP contribution >= 0.6 is 0 Å². The molecule has 4 heteroatoms. The zero-order valence-electron chi connectivity index (χ0n) is 11.8. The number of para-hydroxylation sites is 1. The number of benzene rings is 2. The molecule has 3 rings (SSSR count). The summed E-state index contributed by atoms with van der Waals surface area (Å²) in [6.07, 6.45) is 0. The minimum atomic E-state index is -0.879. The highest BCUT2D eigenvalue weighted by Gasteiger charge is 2.17. The maximum atomic E-state index is 10.9. The molecule has 0 spiro atoms. The highest BCUT2D eigenvalue weighted by Crippen LogP contribution is 2.20. The Labute approximate surface area is 124 Å². The zero-order chi connectivity index (χ0) is 14.7. The first-order valence-electron chi connectivity index (χ1n) is 7.12. The summed E-state index contributed by atoms with van der Waals surface area (Å²) in [5, 5.41) is 8.93. The van der Waals surface area contributed by atoms with Crippen molar-refractivity contribution in [1.29, 1.82) is 0 Å². The highest BCUT2D eigenvalue weighted by molar-refractivity contribution is 5.88. The van der Waals surface area contributed by atoms with E-state index in [9.17, 15) is 4.79 Å². The Morgan fingerprint density at radius 2 is 1.24 bits per heavy atom. The molecule has 1 N–H and O–H groups in total. The van der Waals surface area contributed by atoms with E-state index in [0.717, 1.165) is 31.9 Å². The quantitative estimate of drug-likeness (QED) is 0.940. The van der Waals surface area contributed by atoms with Gasteiger partial charge in [-0.3, -0.25) is 0 Å². The number of carbonyl (C=O) groups is 1. The lowest BCUT2D eigenvalue weighted by molar-refractivity contribution is 0.0697. The van der Waals surface area contributed by atoms with E-state index in [4.69, 9.17) is 5.11 Å². The molecule has 1 saturated heterocycles. The zero-order valence-corrected chi connectivity index (χ0v) is 11.8. The minimum Gasteiger partial charge on any atom is -0.478 e. The fourth-order valence-electron chi connectivity index (χ4n) is 2.68. The molecule has 0 aliphatic carbocycles. The van der Waals surface area contributed by atoms with Crippen LogP contribution in [-0.2, 0) is 0 Å². The fraction of sp³-hybridized carbons (Fsp3) is 0.235. The van der Waals surface area contributed by atoms with Crippen molar-refractivity contribution in [3.8, 4) is 0 Å². The lowest BCUT2D eigenvalue weighted by atomic mass is 10.1. The van der Waals surface area contributed by atoms with Crippen LogP contribution in [-0.4, -0.2) is 37.3 Å². The average Bonchev–Trinajstić information content (AvgIpc) is 2.56. The van der Waals surface area contributed by atoms with Gasteiger partial charge >= 0.3 is 5.97 Å². The fourth-order valence-corrected chi connectivity index (χ4v) is 2.68. The number of carboxylic acids is 1. The van der Waals surface area contributed by atoms with Crippen LogP contribution < -0.4 is 9.80 Å². The van der Waals surface area contributed by atoms with E-state index in [2.05, 4.69) is 34.1 Å². The second-order valence-corrected chi connectivity index (χ2v) is 5.16. The lowest BCUT2D eigenvalue weighted by Gasteiger charge is -2.37. The van der Waals surface area contributed by atoms with Gasteiger partial charge in [0, 0.05) is 37.6 Å². The average molecular weight is 282 g/mol. The van der Waals surface area contributed by atoms with Gasteiger partial charge in [-0.15, -0.1) is 0 Å². The number of hydrogen-bond donors (Lipinski definition) is 1. The van der Waals surface area contributed by atoms with Crippen molar-refractivity contribution in [2.24, 2.45) is 0 Å². The van der Waals surface area contributed by atoms with Crippen LogP contribution in [0, 0.1) is 0 Å². The Morgan fingerprint density at radius 3 is 1.71 bits per heavy atom. The molecule has 0 atom stereocenters. The van der Waals surface area contributed by atoms with Crippen LogP contribution in [0.5, 0.6) is 0 Å². The van der Waals surface area contributed by atoms with Gasteiger partial charge in [0.25, 0.3) is 0 Å². The van der Waals surface area contributed by atoms with Gasteiger partial charge in [-0.2, -0.15) is 0 Å². The monoisotopic (exact) mass is 282 g/mol. The second kappa shape index (κ2) is 5.87. The summed E-state index contributed by atoms with van der Waals surface area (Å²) in [7, 11) is 0. The molecule has 108 valence electrons. The molecular formula is C17H18N2O2. The van der Waals surface area contributed by atoms with Crippen molar-refractivity contribution in [2.45, 2.75) is 0 Å². The van der Waals surface area contributed by atoms with E-state index in [0.29, 0.717) is 5.56 Å². The number of anilines is 2. The number of piperazine rings is 1. The molecule has 21 heavy (non-hydrogen) atoms. The molecule has 0 amide bonds. The smallest absolute Gasteiger partial charge is 0.335 e. The van der Waals surface area contributed by atoms with Gasteiger partial charge < -0.3 is 14.9 Å².